The Morgan fingerprint density at radius 1 is 0.971 bits per heavy atom. The summed E-state index contributed by atoms with van der Waals surface area (Å²) >= 11 is 6.27. The number of nitrogens with one attached hydrogen (secondary N) is 3. The number of fused-ring (bicyclic) bond motifs is 2. The van der Waals surface area contributed by atoms with Crippen molar-refractivity contribution in [2.24, 2.45) is 11.3 Å². The molecular weight excluding hydrogens is 925 g/mol. The standard InChI is InChI=1S/C49H59ClN9O7PS/c1-49(2)17-13-36(41(30-49)34-5-7-37(50)8-6-34)32-55-21-23-56(24-22-55)38-9-11-40(43(28-38)58-25-26-66-48-45(58)27-35-14-18-51-46(35)53-48)47(60)54-68(64,65)39-10-12-42(44(29-39)59(61)62)52-31-33-15-19-57(20-16-33)67(3,4)63/h5-12,14,18,27-29,33,52H,13,15-17,19-26,30-32H2,1-4H3,(H,51,53)(H,54,60). The molecule has 0 saturated carbocycles. The zero-order chi connectivity index (χ0) is 48.0. The third kappa shape index (κ3) is 10.4. The fourth-order valence-corrected chi connectivity index (χ4v) is 12.3. The highest BCUT2D eigenvalue weighted by atomic mass is 35.5. The summed E-state index contributed by atoms with van der Waals surface area (Å²) in [6.07, 6.45) is 6.53. The molecule has 19 heteroatoms. The topological polar surface area (TPSA) is 186 Å². The van der Waals surface area contributed by atoms with Crippen LogP contribution in [0.4, 0.5) is 28.4 Å². The Balaban J connectivity index is 0.952. The first-order chi connectivity index (χ1) is 32.4. The van der Waals surface area contributed by atoms with E-state index in [2.05, 4.69) is 50.8 Å². The largest absolute Gasteiger partial charge is 0.474 e. The van der Waals surface area contributed by atoms with Crippen LogP contribution in [0.3, 0.4) is 0 Å². The number of amides is 1. The molecular formula is C49H59ClN9O7PS. The van der Waals surface area contributed by atoms with E-state index < -0.39 is 38.7 Å². The quantitative estimate of drug-likeness (QED) is 0.0577. The number of halogens is 1. The summed E-state index contributed by atoms with van der Waals surface area (Å²) in [5, 5.41) is 17.0. The van der Waals surface area contributed by atoms with Gasteiger partial charge in [-0.05, 0) is 109 Å². The fraction of sp³-hybridized carbons (Fsp3) is 0.429. The normalized spacial score (nSPS) is 18.6. The highest BCUT2D eigenvalue weighted by Gasteiger charge is 2.33. The first-order valence-corrected chi connectivity index (χ1v) is 27.7. The second-order valence-electron chi connectivity index (χ2n) is 19.6. The van der Waals surface area contributed by atoms with E-state index >= 15 is 0 Å². The van der Waals surface area contributed by atoms with Gasteiger partial charge in [-0.15, -0.1) is 0 Å². The van der Waals surface area contributed by atoms with Crippen LogP contribution in [-0.2, 0) is 14.6 Å². The smallest absolute Gasteiger partial charge is 0.293 e. The van der Waals surface area contributed by atoms with Crippen LogP contribution in [0.2, 0.25) is 5.02 Å². The number of H-pyrrole nitrogens is 1. The number of hydrogen-bond donors (Lipinski definition) is 3. The number of aromatic nitrogens is 2. The molecule has 3 aromatic carbocycles. The Bertz CT molecular complexity index is 2920. The Kier molecular flexibility index (Phi) is 13.4. The van der Waals surface area contributed by atoms with Crippen molar-refractivity contribution < 1.29 is 27.4 Å². The van der Waals surface area contributed by atoms with Gasteiger partial charge in [0, 0.05) is 94.0 Å². The SMILES string of the molecule is CC1(C)CCC(CN2CCN(c3ccc(C(=O)NS(=O)(=O)c4ccc(NCC5CCN(P(C)(C)=O)CC5)c([N+](=O)[O-])c4)c(N4CCOc5nc6[nH]ccc6cc54)c3)CC2)=C(c2ccc(Cl)cc2)C1. The number of aromatic amines is 1. The Morgan fingerprint density at radius 2 is 1.72 bits per heavy atom. The number of piperidine rings is 1. The monoisotopic (exact) mass is 983 g/mol. The van der Waals surface area contributed by atoms with Crippen LogP contribution in [0.1, 0.15) is 61.9 Å². The number of rotatable bonds is 13. The molecule has 4 aliphatic rings. The van der Waals surface area contributed by atoms with Gasteiger partial charge in [-0.25, -0.2) is 13.1 Å². The minimum atomic E-state index is -4.59. The number of hydrogen-bond acceptors (Lipinski definition) is 12. The van der Waals surface area contributed by atoms with Gasteiger partial charge in [-0.3, -0.25) is 24.5 Å². The van der Waals surface area contributed by atoms with Gasteiger partial charge in [-0.1, -0.05) is 43.2 Å². The highest BCUT2D eigenvalue weighted by Crippen LogP contribution is 2.45. The van der Waals surface area contributed by atoms with E-state index in [9.17, 15) is 27.9 Å². The third-order valence-corrected chi connectivity index (χ3v) is 17.3. The van der Waals surface area contributed by atoms with E-state index in [1.165, 1.54) is 28.8 Å². The number of nitro benzene ring substituents is 1. The second kappa shape index (κ2) is 19.2. The van der Waals surface area contributed by atoms with Crippen molar-refractivity contribution >= 4 is 79.9 Å². The van der Waals surface area contributed by atoms with Crippen LogP contribution in [0.5, 0.6) is 5.88 Å². The van der Waals surface area contributed by atoms with Crippen molar-refractivity contribution in [3.8, 4) is 5.88 Å². The van der Waals surface area contributed by atoms with Crippen LogP contribution in [0.25, 0.3) is 16.6 Å². The minimum absolute atomic E-state index is 0.0983. The lowest BCUT2D eigenvalue weighted by molar-refractivity contribution is -0.384. The number of carbonyl (C=O) groups is 1. The number of ether oxygens (including phenoxy) is 1. The number of benzene rings is 3. The summed E-state index contributed by atoms with van der Waals surface area (Å²) in [6.45, 7) is 14.6. The highest BCUT2D eigenvalue weighted by molar-refractivity contribution is 7.90. The zero-order valence-corrected chi connectivity index (χ0v) is 41.4. The summed E-state index contributed by atoms with van der Waals surface area (Å²) in [4.78, 5) is 40.2. The molecule has 0 spiro atoms. The maximum absolute atomic E-state index is 14.4. The van der Waals surface area contributed by atoms with Gasteiger partial charge in [0.25, 0.3) is 21.6 Å². The van der Waals surface area contributed by atoms with E-state index in [0.29, 0.717) is 49.1 Å². The van der Waals surface area contributed by atoms with Gasteiger partial charge in [0.1, 0.15) is 30.9 Å². The lowest BCUT2D eigenvalue weighted by atomic mass is 9.72. The number of pyridine rings is 1. The van der Waals surface area contributed by atoms with Crippen LogP contribution in [0, 0.1) is 21.4 Å². The average molecular weight is 985 g/mol. The molecule has 2 saturated heterocycles. The molecule has 1 aliphatic carbocycles. The summed E-state index contributed by atoms with van der Waals surface area (Å²) in [5.41, 5.74) is 6.81. The molecule has 360 valence electrons. The third-order valence-electron chi connectivity index (χ3n) is 13.9. The van der Waals surface area contributed by atoms with Gasteiger partial charge in [0.05, 0.1) is 27.6 Å². The molecule has 16 nitrogen and oxygen atoms in total. The Labute approximate surface area is 402 Å². The maximum atomic E-state index is 14.4. The number of nitro groups is 1. The van der Waals surface area contributed by atoms with Crippen molar-refractivity contribution in [1.82, 2.24) is 24.3 Å². The predicted molar refractivity (Wildman–Crippen MR) is 270 cm³/mol. The van der Waals surface area contributed by atoms with E-state index in [1.807, 2.05) is 46.0 Å². The lowest BCUT2D eigenvalue weighted by Gasteiger charge is -2.39. The van der Waals surface area contributed by atoms with Crippen LogP contribution < -0.4 is 24.6 Å². The first kappa shape index (κ1) is 47.6. The van der Waals surface area contributed by atoms with Gasteiger partial charge < -0.3 is 29.4 Å². The second-order valence-corrected chi connectivity index (χ2v) is 24.8. The average Bonchev–Trinajstić information content (AvgIpc) is 3.78. The molecule has 3 aliphatic heterocycles. The number of piperazine rings is 1. The molecule has 1 amide bonds. The minimum Gasteiger partial charge on any atom is -0.474 e. The van der Waals surface area contributed by atoms with E-state index in [-0.39, 0.29) is 29.2 Å². The molecule has 0 unspecified atom stereocenters. The number of allylic oxidation sites excluding steroid dienone is 1. The summed E-state index contributed by atoms with van der Waals surface area (Å²) < 4.78 is 50.7. The molecule has 5 heterocycles. The number of carbonyl (C=O) groups excluding carboxylic acids is 1. The summed E-state index contributed by atoms with van der Waals surface area (Å²) in [6, 6.07) is 21.0. The molecule has 5 aromatic rings. The zero-order valence-electron chi connectivity index (χ0n) is 39.0. The molecule has 2 aromatic heterocycles. The van der Waals surface area contributed by atoms with Crippen molar-refractivity contribution in [2.75, 3.05) is 94.0 Å². The van der Waals surface area contributed by atoms with Crippen molar-refractivity contribution in [3.63, 3.8) is 0 Å². The molecule has 3 N–H and O–H groups in total. The Morgan fingerprint density at radius 3 is 2.44 bits per heavy atom. The van der Waals surface area contributed by atoms with Crippen LogP contribution >= 0.6 is 18.9 Å². The van der Waals surface area contributed by atoms with Gasteiger partial charge in [0.15, 0.2) is 0 Å². The first-order valence-electron chi connectivity index (χ1n) is 23.3. The van der Waals surface area contributed by atoms with E-state index in [4.69, 9.17) is 21.3 Å². The fourth-order valence-electron chi connectivity index (χ4n) is 9.96. The number of nitrogens with zero attached hydrogens (tertiary/aromatic N) is 6. The molecule has 0 bridgehead atoms. The summed E-state index contributed by atoms with van der Waals surface area (Å²) in [7, 11) is -6.95. The molecule has 68 heavy (non-hydrogen) atoms. The maximum Gasteiger partial charge on any atom is 0.293 e. The van der Waals surface area contributed by atoms with Gasteiger partial charge >= 0.3 is 0 Å². The van der Waals surface area contributed by atoms with E-state index in [0.717, 1.165) is 87.0 Å². The van der Waals surface area contributed by atoms with Crippen LogP contribution in [-0.4, -0.2) is 118 Å². The van der Waals surface area contributed by atoms with Crippen molar-refractivity contribution in [2.45, 2.75) is 50.8 Å². The van der Waals surface area contributed by atoms with Crippen molar-refractivity contribution in [3.05, 3.63) is 111 Å². The predicted octanol–water partition coefficient (Wildman–Crippen LogP) is 9.22. The molecule has 0 atom stereocenters. The summed E-state index contributed by atoms with van der Waals surface area (Å²) in [5.74, 6) is -0.317. The molecule has 9 rings (SSSR count). The Hall–Kier alpha value is -5.45. The van der Waals surface area contributed by atoms with Gasteiger partial charge in [0.2, 0.25) is 5.88 Å². The van der Waals surface area contributed by atoms with Gasteiger partial charge in [-0.2, -0.15) is 4.98 Å². The molecule has 2 fully saturated rings. The van der Waals surface area contributed by atoms with Crippen molar-refractivity contribution in [1.29, 1.82) is 0 Å². The van der Waals surface area contributed by atoms with E-state index in [1.54, 1.807) is 25.6 Å². The lowest BCUT2D eigenvalue weighted by Crippen LogP contribution is -2.47. The number of anilines is 4. The number of sulfonamides is 1. The van der Waals surface area contributed by atoms with Crippen LogP contribution in [0.15, 0.2) is 89.5 Å². The molecule has 0 radical (unpaired) electrons.